The van der Waals surface area contributed by atoms with Crippen LogP contribution in [0.2, 0.25) is 0 Å². The molecule has 2 aromatic rings. The average Bonchev–Trinajstić information content (AvgIpc) is 3.00. The van der Waals surface area contributed by atoms with Crippen LogP contribution in [0.15, 0.2) is 30.5 Å². The van der Waals surface area contributed by atoms with E-state index in [9.17, 15) is 15.2 Å². The van der Waals surface area contributed by atoms with Crippen LogP contribution in [-0.4, -0.2) is 38.5 Å². The molecular weight excluding hydrogens is 264 g/mol. The van der Waals surface area contributed by atoms with Crippen molar-refractivity contribution in [2.45, 2.75) is 24.9 Å². The van der Waals surface area contributed by atoms with E-state index in [1.54, 1.807) is 18.3 Å². The first-order chi connectivity index (χ1) is 9.60. The summed E-state index contributed by atoms with van der Waals surface area (Å²) >= 11 is 0. The number of fused-ring (bicyclic) bond motifs is 1. The van der Waals surface area contributed by atoms with Crippen LogP contribution in [0, 0.1) is 10.1 Å². The number of benzene rings is 1. The molecule has 1 aromatic heterocycles. The molecule has 0 bridgehead atoms. The van der Waals surface area contributed by atoms with Gasteiger partial charge in [-0.1, -0.05) is 0 Å². The molecule has 1 aliphatic rings. The summed E-state index contributed by atoms with van der Waals surface area (Å²) in [6.07, 6.45) is 0.481. The Hall–Kier alpha value is -1.96. The molecule has 0 aliphatic carbocycles. The molecule has 0 saturated carbocycles. The van der Waals surface area contributed by atoms with E-state index in [2.05, 4.69) is 0 Å². The van der Waals surface area contributed by atoms with Gasteiger partial charge in [-0.15, -0.1) is 0 Å². The van der Waals surface area contributed by atoms with Crippen LogP contribution in [0.3, 0.4) is 0 Å². The number of hydrogen-bond donors (Lipinski definition) is 2. The minimum absolute atomic E-state index is 0.0378. The highest BCUT2D eigenvalue weighted by atomic mass is 16.6. The van der Waals surface area contributed by atoms with Crippen LogP contribution in [-0.2, 0) is 4.74 Å². The molecule has 2 N–H and O–H groups in total. The minimum Gasteiger partial charge on any atom is -0.394 e. The lowest BCUT2D eigenvalue weighted by Gasteiger charge is -2.14. The lowest BCUT2D eigenvalue weighted by Crippen LogP contribution is -2.24. The summed E-state index contributed by atoms with van der Waals surface area (Å²) in [5.41, 5.74) is 0.835. The van der Waals surface area contributed by atoms with Crippen molar-refractivity contribution in [1.29, 1.82) is 0 Å². The molecule has 3 atom stereocenters. The van der Waals surface area contributed by atoms with E-state index in [0.717, 1.165) is 10.9 Å². The van der Waals surface area contributed by atoms with Crippen molar-refractivity contribution in [3.8, 4) is 0 Å². The van der Waals surface area contributed by atoms with E-state index in [4.69, 9.17) is 9.84 Å². The van der Waals surface area contributed by atoms with Crippen molar-refractivity contribution < 1.29 is 19.9 Å². The van der Waals surface area contributed by atoms with Gasteiger partial charge in [-0.2, -0.15) is 0 Å². The molecule has 0 radical (unpaired) electrons. The second kappa shape index (κ2) is 4.86. The van der Waals surface area contributed by atoms with Crippen LogP contribution in [0.1, 0.15) is 12.6 Å². The topological polar surface area (TPSA) is 97.8 Å². The van der Waals surface area contributed by atoms with E-state index < -0.39 is 17.1 Å². The fraction of sp³-hybridized carbons (Fsp3) is 0.385. The Morgan fingerprint density at radius 1 is 1.45 bits per heavy atom. The third-order valence-corrected chi connectivity index (χ3v) is 3.61. The van der Waals surface area contributed by atoms with Gasteiger partial charge >= 0.3 is 0 Å². The second-order valence-corrected chi connectivity index (χ2v) is 4.84. The molecule has 3 rings (SSSR count). The summed E-state index contributed by atoms with van der Waals surface area (Å²) in [6.45, 7) is -0.234. The maximum absolute atomic E-state index is 10.7. The van der Waals surface area contributed by atoms with Crippen LogP contribution in [0.4, 0.5) is 5.69 Å². The van der Waals surface area contributed by atoms with Crippen LogP contribution in [0.25, 0.3) is 10.9 Å². The largest absolute Gasteiger partial charge is 0.394 e. The Morgan fingerprint density at radius 3 is 2.90 bits per heavy atom. The fourth-order valence-electron chi connectivity index (χ4n) is 2.57. The van der Waals surface area contributed by atoms with Crippen molar-refractivity contribution in [3.05, 3.63) is 40.6 Å². The van der Waals surface area contributed by atoms with Gasteiger partial charge in [-0.25, -0.2) is 0 Å². The molecule has 1 aliphatic heterocycles. The maximum atomic E-state index is 10.7. The van der Waals surface area contributed by atoms with Crippen LogP contribution >= 0.6 is 0 Å². The quantitative estimate of drug-likeness (QED) is 0.649. The number of non-ortho nitro benzene ring substituents is 1. The first-order valence-corrected chi connectivity index (χ1v) is 6.29. The number of nitrogens with zero attached hydrogens (tertiary/aromatic N) is 2. The Balaban J connectivity index is 1.95. The summed E-state index contributed by atoms with van der Waals surface area (Å²) in [5.74, 6) is 0. The average molecular weight is 278 g/mol. The van der Waals surface area contributed by atoms with E-state index in [1.165, 1.54) is 12.1 Å². The normalized spacial score (nSPS) is 26.2. The smallest absolute Gasteiger partial charge is 0.270 e. The molecule has 2 unspecified atom stereocenters. The molecule has 20 heavy (non-hydrogen) atoms. The highest BCUT2D eigenvalue weighted by Gasteiger charge is 2.34. The SMILES string of the molecule is O=[N+]([O-])c1ccc2c(ccn2C2CC(O)[C@@H](CO)O2)c1. The highest BCUT2D eigenvalue weighted by Crippen LogP contribution is 2.32. The first-order valence-electron chi connectivity index (χ1n) is 6.29. The molecule has 7 heteroatoms. The molecule has 7 nitrogen and oxygen atoms in total. The zero-order valence-electron chi connectivity index (χ0n) is 10.5. The lowest BCUT2D eigenvalue weighted by molar-refractivity contribution is -0.384. The van der Waals surface area contributed by atoms with Gasteiger partial charge in [0.05, 0.1) is 23.2 Å². The standard InChI is InChI=1S/C13H14N2O5/c16-7-12-11(17)6-13(20-12)14-4-3-8-5-9(15(18)19)1-2-10(8)14/h1-5,11-13,16-17H,6-7H2/t11?,12-,13?/m1/s1. The van der Waals surface area contributed by atoms with E-state index in [-0.39, 0.29) is 18.5 Å². The maximum Gasteiger partial charge on any atom is 0.270 e. The van der Waals surface area contributed by atoms with Gasteiger partial charge in [0.25, 0.3) is 5.69 Å². The Bertz CT molecular complexity index is 653. The van der Waals surface area contributed by atoms with Gasteiger partial charge in [0.1, 0.15) is 12.3 Å². The zero-order valence-corrected chi connectivity index (χ0v) is 10.5. The molecule has 1 aromatic carbocycles. The predicted molar refractivity (Wildman–Crippen MR) is 70.2 cm³/mol. The molecule has 106 valence electrons. The summed E-state index contributed by atoms with van der Waals surface area (Å²) in [5, 5.41) is 30.3. The van der Waals surface area contributed by atoms with Crippen molar-refractivity contribution in [2.24, 2.45) is 0 Å². The van der Waals surface area contributed by atoms with Gasteiger partial charge in [0.15, 0.2) is 0 Å². The van der Waals surface area contributed by atoms with Gasteiger partial charge in [-0.3, -0.25) is 10.1 Å². The molecule has 2 heterocycles. The van der Waals surface area contributed by atoms with Gasteiger partial charge in [0.2, 0.25) is 0 Å². The molecule has 1 fully saturated rings. The molecule has 0 amide bonds. The van der Waals surface area contributed by atoms with Crippen molar-refractivity contribution in [3.63, 3.8) is 0 Å². The number of rotatable bonds is 3. The highest BCUT2D eigenvalue weighted by molar-refractivity contribution is 5.82. The summed E-state index contributed by atoms with van der Waals surface area (Å²) < 4.78 is 7.40. The van der Waals surface area contributed by atoms with Crippen LogP contribution in [0.5, 0.6) is 0 Å². The third kappa shape index (κ3) is 2.05. The fourth-order valence-corrected chi connectivity index (χ4v) is 2.57. The zero-order chi connectivity index (χ0) is 14.3. The molecule has 0 spiro atoms. The minimum atomic E-state index is -0.708. The van der Waals surface area contributed by atoms with Crippen LogP contribution < -0.4 is 0 Å². The van der Waals surface area contributed by atoms with Gasteiger partial charge < -0.3 is 19.5 Å². The second-order valence-electron chi connectivity index (χ2n) is 4.84. The van der Waals surface area contributed by atoms with E-state index in [1.807, 2.05) is 4.57 Å². The Morgan fingerprint density at radius 2 is 2.25 bits per heavy atom. The number of nitro groups is 1. The van der Waals surface area contributed by atoms with Crippen molar-refractivity contribution in [1.82, 2.24) is 4.57 Å². The summed E-state index contributed by atoms with van der Waals surface area (Å²) in [6, 6.07) is 6.37. The monoisotopic (exact) mass is 278 g/mol. The predicted octanol–water partition coefficient (Wildman–Crippen LogP) is 1.19. The Labute approximate surface area is 114 Å². The number of hydrogen-bond acceptors (Lipinski definition) is 5. The molecular formula is C13H14N2O5. The van der Waals surface area contributed by atoms with Crippen molar-refractivity contribution >= 4 is 16.6 Å². The molecule has 1 saturated heterocycles. The van der Waals surface area contributed by atoms with Crippen molar-refractivity contribution in [2.75, 3.05) is 6.61 Å². The van der Waals surface area contributed by atoms with E-state index >= 15 is 0 Å². The summed E-state index contributed by atoms with van der Waals surface area (Å²) in [4.78, 5) is 10.3. The number of nitro benzene ring substituents is 1. The first kappa shape index (κ1) is 13.0. The van der Waals surface area contributed by atoms with E-state index in [0.29, 0.717) is 6.42 Å². The number of ether oxygens (including phenoxy) is 1. The third-order valence-electron chi connectivity index (χ3n) is 3.61. The number of aliphatic hydroxyl groups is 2. The Kier molecular flexibility index (Phi) is 3.17. The number of aliphatic hydroxyl groups excluding tert-OH is 2. The van der Waals surface area contributed by atoms with Gasteiger partial charge in [-0.05, 0) is 12.1 Å². The summed E-state index contributed by atoms with van der Waals surface area (Å²) in [7, 11) is 0. The number of aromatic nitrogens is 1. The van der Waals surface area contributed by atoms with Gasteiger partial charge in [0, 0.05) is 30.1 Å². The lowest BCUT2D eigenvalue weighted by atomic mass is 10.2.